The predicted octanol–water partition coefficient (Wildman–Crippen LogP) is -0.870. The van der Waals surface area contributed by atoms with Crippen LogP contribution < -0.4 is 15.9 Å². The molecule has 0 aromatic carbocycles. The van der Waals surface area contributed by atoms with E-state index in [2.05, 4.69) is 15.3 Å². The molecule has 0 amide bonds. The lowest BCUT2D eigenvalue weighted by Gasteiger charge is -2.10. The van der Waals surface area contributed by atoms with E-state index in [4.69, 9.17) is 0 Å². The molecule has 70 valence electrons. The van der Waals surface area contributed by atoms with Crippen LogP contribution in [-0.4, -0.2) is 35.2 Å². The van der Waals surface area contributed by atoms with Gasteiger partial charge in [-0.3, -0.25) is 4.57 Å². The fraction of sp³-hybridized carbons (Fsp3) is 0.571. The Labute approximate surface area is 75.2 Å². The van der Waals surface area contributed by atoms with Gasteiger partial charge >= 0.3 is 5.69 Å². The third-order valence-corrected chi connectivity index (χ3v) is 1.91. The molecule has 0 unspecified atom stereocenters. The summed E-state index contributed by atoms with van der Waals surface area (Å²) in [6, 6.07) is 0. The van der Waals surface area contributed by atoms with Crippen LogP contribution in [0.5, 0.6) is 0 Å². The normalized spacial score (nSPS) is 13.7. The number of aromatic nitrogens is 3. The highest BCUT2D eigenvalue weighted by atomic mass is 16.1. The van der Waals surface area contributed by atoms with Crippen molar-refractivity contribution in [3.05, 3.63) is 10.5 Å². The Morgan fingerprint density at radius 3 is 2.92 bits per heavy atom. The molecular weight excluding hydrogens is 170 g/mol. The second-order valence-electron chi connectivity index (χ2n) is 3.10. The van der Waals surface area contributed by atoms with E-state index >= 15 is 0 Å². The molecule has 13 heavy (non-hydrogen) atoms. The van der Waals surface area contributed by atoms with Crippen molar-refractivity contribution in [2.24, 2.45) is 0 Å². The predicted molar refractivity (Wildman–Crippen MR) is 49.1 cm³/mol. The Balaban J connectivity index is 2.56. The minimum atomic E-state index is -0.237. The maximum atomic E-state index is 11.4. The highest BCUT2D eigenvalue weighted by Gasteiger charge is 2.15. The van der Waals surface area contributed by atoms with Crippen molar-refractivity contribution in [3.8, 4) is 0 Å². The Hall–Kier alpha value is -1.59. The van der Waals surface area contributed by atoms with Crippen LogP contribution in [0.15, 0.2) is 4.79 Å². The van der Waals surface area contributed by atoms with Gasteiger partial charge in [0.2, 0.25) is 11.9 Å². The molecule has 6 heteroatoms. The molecule has 0 bridgehead atoms. The highest BCUT2D eigenvalue weighted by Crippen LogP contribution is 2.09. The molecule has 6 nitrogen and oxygen atoms in total. The van der Waals surface area contributed by atoms with Gasteiger partial charge in [0.25, 0.3) is 0 Å². The van der Waals surface area contributed by atoms with Crippen LogP contribution in [0.1, 0.15) is 0 Å². The number of rotatable bonds is 1. The van der Waals surface area contributed by atoms with E-state index in [9.17, 15) is 4.79 Å². The number of nitrogens with one attached hydrogen (secondary N) is 1. The fourth-order valence-corrected chi connectivity index (χ4v) is 1.23. The van der Waals surface area contributed by atoms with E-state index in [-0.39, 0.29) is 5.69 Å². The van der Waals surface area contributed by atoms with Crippen LogP contribution >= 0.6 is 0 Å². The van der Waals surface area contributed by atoms with Crippen LogP contribution in [0.3, 0.4) is 0 Å². The van der Waals surface area contributed by atoms with E-state index in [0.29, 0.717) is 18.4 Å². The van der Waals surface area contributed by atoms with Gasteiger partial charge in [-0.1, -0.05) is 0 Å². The summed E-state index contributed by atoms with van der Waals surface area (Å²) in [4.78, 5) is 21.1. The van der Waals surface area contributed by atoms with Gasteiger partial charge in [-0.05, 0) is 0 Å². The van der Waals surface area contributed by atoms with Crippen molar-refractivity contribution in [2.45, 2.75) is 6.54 Å². The second-order valence-corrected chi connectivity index (χ2v) is 3.10. The molecule has 0 saturated carbocycles. The van der Waals surface area contributed by atoms with Gasteiger partial charge in [0.1, 0.15) is 0 Å². The van der Waals surface area contributed by atoms with Crippen molar-refractivity contribution < 1.29 is 0 Å². The van der Waals surface area contributed by atoms with Gasteiger partial charge in [0, 0.05) is 27.2 Å². The van der Waals surface area contributed by atoms with Gasteiger partial charge in [0.15, 0.2) is 0 Å². The Morgan fingerprint density at radius 1 is 1.46 bits per heavy atom. The van der Waals surface area contributed by atoms with Crippen molar-refractivity contribution in [2.75, 3.05) is 30.9 Å². The van der Waals surface area contributed by atoms with E-state index in [1.165, 1.54) is 4.57 Å². The largest absolute Gasteiger partial charge is 0.354 e. The molecule has 0 saturated heterocycles. The third kappa shape index (κ3) is 1.24. The summed E-state index contributed by atoms with van der Waals surface area (Å²) in [7, 11) is 3.61. The molecule has 0 spiro atoms. The van der Waals surface area contributed by atoms with Crippen molar-refractivity contribution in [1.82, 2.24) is 14.5 Å². The summed E-state index contributed by atoms with van der Waals surface area (Å²) in [5, 5.41) is 3.02. The summed E-state index contributed by atoms with van der Waals surface area (Å²) in [6.07, 6.45) is 0. The number of nitrogens with zero attached hydrogens (tertiary/aromatic N) is 4. The smallest absolute Gasteiger partial charge is 0.353 e. The molecule has 1 aliphatic heterocycles. The maximum Gasteiger partial charge on any atom is 0.353 e. The van der Waals surface area contributed by atoms with Crippen LogP contribution in [-0.2, 0) is 6.54 Å². The Bertz CT molecular complexity index is 383. The first kappa shape index (κ1) is 8.03. The fourth-order valence-electron chi connectivity index (χ4n) is 1.23. The molecule has 1 aliphatic rings. The van der Waals surface area contributed by atoms with E-state index in [0.717, 1.165) is 6.54 Å². The summed E-state index contributed by atoms with van der Waals surface area (Å²) >= 11 is 0. The van der Waals surface area contributed by atoms with Crippen LogP contribution in [0.25, 0.3) is 0 Å². The number of hydrogen-bond donors (Lipinski definition) is 1. The van der Waals surface area contributed by atoms with Crippen molar-refractivity contribution >= 4 is 11.9 Å². The Kier molecular flexibility index (Phi) is 1.68. The van der Waals surface area contributed by atoms with E-state index in [1.807, 2.05) is 0 Å². The molecule has 2 heterocycles. The molecule has 0 atom stereocenters. The van der Waals surface area contributed by atoms with Crippen molar-refractivity contribution in [1.29, 1.82) is 0 Å². The zero-order valence-electron chi connectivity index (χ0n) is 7.61. The van der Waals surface area contributed by atoms with Crippen LogP contribution in [0, 0.1) is 0 Å². The minimum Gasteiger partial charge on any atom is -0.354 e. The van der Waals surface area contributed by atoms with Crippen molar-refractivity contribution in [3.63, 3.8) is 0 Å². The van der Waals surface area contributed by atoms with Crippen LogP contribution in [0.2, 0.25) is 0 Å². The minimum absolute atomic E-state index is 0.237. The second kappa shape index (κ2) is 2.72. The lowest BCUT2D eigenvalue weighted by atomic mass is 10.7. The number of anilines is 2. The first-order valence-corrected chi connectivity index (χ1v) is 4.08. The molecule has 1 aromatic rings. The third-order valence-electron chi connectivity index (χ3n) is 1.91. The molecular formula is C7H11N5O. The van der Waals surface area contributed by atoms with Crippen LogP contribution in [0.4, 0.5) is 11.9 Å². The summed E-state index contributed by atoms with van der Waals surface area (Å²) < 4.78 is 1.53. The first-order valence-electron chi connectivity index (χ1n) is 4.08. The zero-order chi connectivity index (χ0) is 9.42. The van der Waals surface area contributed by atoms with Gasteiger partial charge < -0.3 is 10.2 Å². The van der Waals surface area contributed by atoms with E-state index < -0.39 is 0 Å². The number of hydrogen-bond acceptors (Lipinski definition) is 5. The first-order chi connectivity index (χ1) is 6.18. The SMILES string of the molecule is CN(C)c1nc2n(c(=O)n1)CCN2. The lowest BCUT2D eigenvalue weighted by molar-refractivity contribution is 0.722. The summed E-state index contributed by atoms with van der Waals surface area (Å²) in [5.74, 6) is 1.06. The summed E-state index contributed by atoms with van der Waals surface area (Å²) in [5.41, 5.74) is -0.237. The average Bonchev–Trinajstić information content (AvgIpc) is 2.51. The number of fused-ring (bicyclic) bond motifs is 1. The zero-order valence-corrected chi connectivity index (χ0v) is 7.61. The maximum absolute atomic E-state index is 11.4. The monoisotopic (exact) mass is 181 g/mol. The quantitative estimate of drug-likeness (QED) is 0.610. The van der Waals surface area contributed by atoms with Gasteiger partial charge in [-0.25, -0.2) is 4.79 Å². The molecule has 0 fully saturated rings. The topological polar surface area (TPSA) is 63.1 Å². The van der Waals surface area contributed by atoms with Gasteiger partial charge in [0.05, 0.1) is 0 Å². The Morgan fingerprint density at radius 2 is 2.23 bits per heavy atom. The molecule has 0 radical (unpaired) electrons. The molecule has 1 aromatic heterocycles. The highest BCUT2D eigenvalue weighted by molar-refractivity contribution is 5.37. The lowest BCUT2D eigenvalue weighted by Crippen LogP contribution is -2.26. The molecule has 1 N–H and O–H groups in total. The average molecular weight is 181 g/mol. The van der Waals surface area contributed by atoms with Gasteiger partial charge in [-0.2, -0.15) is 9.97 Å². The van der Waals surface area contributed by atoms with E-state index in [1.54, 1.807) is 19.0 Å². The molecule has 2 rings (SSSR count). The van der Waals surface area contributed by atoms with Gasteiger partial charge in [-0.15, -0.1) is 0 Å². The molecule has 0 aliphatic carbocycles. The summed E-state index contributed by atoms with van der Waals surface area (Å²) in [6.45, 7) is 1.41. The standard InChI is InChI=1S/C7H11N5O/c1-11(2)6-9-5-8-3-4-12(5)7(13)10-6/h3-4H2,1-2H3,(H,8,9,10,13).